The molecule has 3 heteroatoms. The van der Waals surface area contributed by atoms with Gasteiger partial charge in [0.15, 0.2) is 0 Å². The van der Waals surface area contributed by atoms with Gasteiger partial charge in [0.25, 0.3) is 0 Å². The molecule has 0 saturated carbocycles. The topological polar surface area (TPSA) is 8.17 Å². The Morgan fingerprint density at radius 2 is 0.896 bits per heavy atom. The summed E-state index contributed by atoms with van der Waals surface area (Å²) in [6, 6.07) is 84.9. The van der Waals surface area contributed by atoms with E-state index in [1.807, 2.05) is 30.3 Å². The van der Waals surface area contributed by atoms with Crippen molar-refractivity contribution in [1.82, 2.24) is 4.57 Å². The van der Waals surface area contributed by atoms with Gasteiger partial charge in [-0.05, 0) is 152 Å². The van der Waals surface area contributed by atoms with E-state index in [4.69, 9.17) is 0 Å². The van der Waals surface area contributed by atoms with Crippen molar-refractivity contribution in [2.24, 2.45) is 0 Å². The highest BCUT2D eigenvalue weighted by molar-refractivity contribution is 6.10. The average Bonchev–Trinajstić information content (AvgIpc) is 3.95. The fourth-order valence-corrected chi connectivity index (χ4v) is 11.7. The van der Waals surface area contributed by atoms with Crippen molar-refractivity contribution in [3.63, 3.8) is 0 Å². The molecule has 0 aliphatic heterocycles. The maximum atomic E-state index is 14.1. The van der Waals surface area contributed by atoms with Gasteiger partial charge in [0.05, 0.1) is 16.4 Å². The zero-order valence-corrected chi connectivity index (χ0v) is 37.3. The maximum Gasteiger partial charge on any atom is 0.123 e. The van der Waals surface area contributed by atoms with Gasteiger partial charge in [-0.1, -0.05) is 166 Å². The van der Waals surface area contributed by atoms with Crippen LogP contribution in [-0.2, 0) is 10.8 Å². The first kappa shape index (κ1) is 39.1. The largest absolute Gasteiger partial charge is 0.310 e. The Bertz CT molecular complexity index is 3680. The molecule has 318 valence electrons. The van der Waals surface area contributed by atoms with Gasteiger partial charge in [-0.3, -0.25) is 0 Å². The number of anilines is 3. The standard InChI is InChI=1S/C64H45FN2/c1-63(2)58-39-43(26-34-52(58)53-35-32-49(40-59(53)63)66(47-20-10-5-11-21-47)48-30-28-46(65)29-31-48)42-27-37-62-56(38-42)55-23-13-15-25-61(55)67(62)50-33-36-54-51-22-12-14-24-57(51)64(60(54)41-50,44-16-6-3-7-17-44)45-18-8-4-9-19-45/h3-41H,1-2H3. The Kier molecular flexibility index (Phi) is 8.69. The molecule has 1 aromatic heterocycles. The molecule has 2 nitrogen and oxygen atoms in total. The number of rotatable bonds is 7. The van der Waals surface area contributed by atoms with Crippen LogP contribution in [0.3, 0.4) is 0 Å². The van der Waals surface area contributed by atoms with Gasteiger partial charge in [-0.2, -0.15) is 0 Å². The fourth-order valence-electron chi connectivity index (χ4n) is 11.7. The van der Waals surface area contributed by atoms with E-state index in [0.29, 0.717) is 0 Å². The summed E-state index contributed by atoms with van der Waals surface area (Å²) in [5.74, 6) is -0.247. The van der Waals surface area contributed by atoms with Crippen molar-refractivity contribution in [2.75, 3.05) is 4.90 Å². The lowest BCUT2D eigenvalue weighted by molar-refractivity contribution is 0.628. The first-order valence-electron chi connectivity index (χ1n) is 23.2. The van der Waals surface area contributed by atoms with Gasteiger partial charge in [0.2, 0.25) is 0 Å². The number of hydrogen-bond acceptors (Lipinski definition) is 1. The monoisotopic (exact) mass is 860 g/mol. The molecule has 0 saturated heterocycles. The predicted octanol–water partition coefficient (Wildman–Crippen LogP) is 16.7. The molecular formula is C64H45FN2. The molecule has 11 aromatic rings. The molecule has 10 aromatic carbocycles. The highest BCUT2D eigenvalue weighted by atomic mass is 19.1. The van der Waals surface area contributed by atoms with Crippen molar-refractivity contribution in [3.8, 4) is 39.1 Å². The van der Waals surface area contributed by atoms with Crippen LogP contribution in [-0.4, -0.2) is 4.57 Å². The van der Waals surface area contributed by atoms with E-state index in [2.05, 4.69) is 217 Å². The average molecular weight is 861 g/mol. The zero-order valence-electron chi connectivity index (χ0n) is 37.3. The van der Waals surface area contributed by atoms with Crippen molar-refractivity contribution in [2.45, 2.75) is 24.7 Å². The Morgan fingerprint density at radius 3 is 1.64 bits per heavy atom. The molecule has 0 atom stereocenters. The molecule has 0 spiro atoms. The summed E-state index contributed by atoms with van der Waals surface area (Å²) >= 11 is 0. The molecule has 0 radical (unpaired) electrons. The third-order valence-electron chi connectivity index (χ3n) is 14.7. The number of benzene rings is 10. The molecule has 67 heavy (non-hydrogen) atoms. The fraction of sp³-hybridized carbons (Fsp3) is 0.0625. The molecule has 2 aliphatic rings. The van der Waals surface area contributed by atoms with E-state index in [1.165, 1.54) is 101 Å². The van der Waals surface area contributed by atoms with Crippen LogP contribution in [0, 0.1) is 5.82 Å². The van der Waals surface area contributed by atoms with Crippen LogP contribution in [0.15, 0.2) is 237 Å². The van der Waals surface area contributed by atoms with Crippen molar-refractivity contribution < 1.29 is 4.39 Å². The van der Waals surface area contributed by atoms with Crippen molar-refractivity contribution in [1.29, 1.82) is 0 Å². The van der Waals surface area contributed by atoms with Crippen LogP contribution >= 0.6 is 0 Å². The van der Waals surface area contributed by atoms with Crippen molar-refractivity contribution in [3.05, 3.63) is 276 Å². The highest BCUT2D eigenvalue weighted by Crippen LogP contribution is 2.57. The van der Waals surface area contributed by atoms with E-state index in [-0.39, 0.29) is 11.2 Å². The minimum atomic E-state index is -0.483. The van der Waals surface area contributed by atoms with Crippen LogP contribution < -0.4 is 4.90 Å². The number of fused-ring (bicyclic) bond motifs is 9. The molecule has 1 heterocycles. The predicted molar refractivity (Wildman–Crippen MR) is 276 cm³/mol. The summed E-state index contributed by atoms with van der Waals surface area (Å²) in [6.45, 7) is 4.68. The first-order valence-corrected chi connectivity index (χ1v) is 23.2. The summed E-state index contributed by atoms with van der Waals surface area (Å²) in [5, 5.41) is 2.45. The van der Waals surface area contributed by atoms with E-state index >= 15 is 0 Å². The number of aromatic nitrogens is 1. The second-order valence-corrected chi connectivity index (χ2v) is 18.6. The Labute approximate surface area is 390 Å². The van der Waals surface area contributed by atoms with E-state index in [1.54, 1.807) is 0 Å². The minimum absolute atomic E-state index is 0.247. The number of halogens is 1. The van der Waals surface area contributed by atoms with Gasteiger partial charge in [0.1, 0.15) is 5.82 Å². The Balaban J connectivity index is 0.923. The van der Waals surface area contributed by atoms with Crippen LogP contribution in [0.4, 0.5) is 21.5 Å². The lowest BCUT2D eigenvalue weighted by Gasteiger charge is -2.34. The van der Waals surface area contributed by atoms with Gasteiger partial charge in [-0.15, -0.1) is 0 Å². The molecule has 0 N–H and O–H groups in total. The van der Waals surface area contributed by atoms with Gasteiger partial charge >= 0.3 is 0 Å². The summed E-state index contributed by atoms with van der Waals surface area (Å²) in [4.78, 5) is 2.21. The second kappa shape index (κ2) is 14.9. The van der Waals surface area contributed by atoms with Gasteiger partial charge < -0.3 is 9.47 Å². The quantitative estimate of drug-likeness (QED) is 0.155. The normalized spacial score (nSPS) is 13.8. The summed E-state index contributed by atoms with van der Waals surface area (Å²) in [7, 11) is 0. The van der Waals surface area contributed by atoms with Crippen LogP contribution in [0.2, 0.25) is 0 Å². The Morgan fingerprint density at radius 1 is 0.373 bits per heavy atom. The van der Waals surface area contributed by atoms with E-state index in [0.717, 1.165) is 22.7 Å². The Hall–Kier alpha value is -8.27. The number of para-hydroxylation sites is 2. The van der Waals surface area contributed by atoms with E-state index in [9.17, 15) is 4.39 Å². The summed E-state index contributed by atoms with van der Waals surface area (Å²) < 4.78 is 16.6. The van der Waals surface area contributed by atoms with Gasteiger partial charge in [-0.25, -0.2) is 4.39 Å². The molecule has 2 aliphatic carbocycles. The lowest BCUT2D eigenvalue weighted by atomic mass is 9.67. The summed E-state index contributed by atoms with van der Waals surface area (Å²) in [6.07, 6.45) is 0. The molecular weight excluding hydrogens is 816 g/mol. The van der Waals surface area contributed by atoms with Crippen LogP contribution in [0.1, 0.15) is 47.2 Å². The second-order valence-electron chi connectivity index (χ2n) is 18.6. The van der Waals surface area contributed by atoms with Crippen molar-refractivity contribution >= 4 is 38.9 Å². The van der Waals surface area contributed by atoms with E-state index < -0.39 is 5.41 Å². The minimum Gasteiger partial charge on any atom is -0.310 e. The molecule has 13 rings (SSSR count). The zero-order chi connectivity index (χ0) is 44.9. The number of nitrogens with zero attached hydrogens (tertiary/aromatic N) is 2. The third kappa shape index (κ3) is 5.81. The van der Waals surface area contributed by atoms with Crippen LogP contribution in [0.25, 0.3) is 60.9 Å². The SMILES string of the molecule is CC1(C)c2cc(-c3ccc4c(c3)c3ccccc3n4-c3ccc4c(c3)C(c3ccccc3)(c3ccccc3)c3ccccc3-4)ccc2-c2ccc(N(c3ccccc3)c3ccc(F)cc3)cc21. The lowest BCUT2D eigenvalue weighted by Crippen LogP contribution is -2.28. The third-order valence-corrected chi connectivity index (χ3v) is 14.7. The molecule has 0 bridgehead atoms. The smallest absolute Gasteiger partial charge is 0.123 e. The number of hydrogen-bond donors (Lipinski definition) is 0. The van der Waals surface area contributed by atoms with Crippen LogP contribution in [0.5, 0.6) is 0 Å². The molecule has 0 amide bonds. The molecule has 0 fully saturated rings. The highest BCUT2D eigenvalue weighted by Gasteiger charge is 2.46. The maximum absolute atomic E-state index is 14.1. The summed E-state index contributed by atoms with van der Waals surface area (Å²) in [5.41, 5.74) is 20.9. The molecule has 0 unspecified atom stereocenters. The van der Waals surface area contributed by atoms with Gasteiger partial charge in [0, 0.05) is 38.9 Å². The first-order chi connectivity index (χ1) is 32.9.